The molecule has 0 bridgehead atoms. The first-order valence-electron chi connectivity index (χ1n) is 7.65. The Balaban J connectivity index is 1.65. The van der Waals surface area contributed by atoms with Crippen molar-refractivity contribution in [2.24, 2.45) is 0 Å². The summed E-state index contributed by atoms with van der Waals surface area (Å²) in [4.78, 5) is 14.6. The maximum Gasteiger partial charge on any atom is 0.223 e. The van der Waals surface area contributed by atoms with E-state index in [4.69, 9.17) is 22.1 Å². The molecular formula is C17H11ClF2N6O. The van der Waals surface area contributed by atoms with Crippen molar-refractivity contribution in [3.8, 4) is 11.5 Å². The number of fused-ring (bicyclic) bond motifs is 1. The summed E-state index contributed by atoms with van der Waals surface area (Å²) in [7, 11) is 0. The highest BCUT2D eigenvalue weighted by molar-refractivity contribution is 6.29. The number of nitrogens with zero attached hydrogens (tertiary/aromatic N) is 3. The van der Waals surface area contributed by atoms with E-state index >= 15 is 0 Å². The van der Waals surface area contributed by atoms with Crippen molar-refractivity contribution < 1.29 is 13.5 Å². The number of pyridine rings is 1. The number of benzene rings is 1. The molecule has 0 amide bonds. The minimum Gasteiger partial charge on any atom is -0.450 e. The fourth-order valence-electron chi connectivity index (χ4n) is 2.51. The molecular weight excluding hydrogens is 378 g/mol. The monoisotopic (exact) mass is 388 g/mol. The van der Waals surface area contributed by atoms with Gasteiger partial charge in [-0.3, -0.25) is 0 Å². The molecule has 0 fully saturated rings. The number of H-pyrrole nitrogens is 1. The number of ether oxygens (including phenoxy) is 1. The number of rotatable bonds is 4. The van der Waals surface area contributed by atoms with Gasteiger partial charge in [-0.15, -0.1) is 0 Å². The van der Waals surface area contributed by atoms with E-state index in [1.807, 2.05) is 0 Å². The molecule has 10 heteroatoms. The Bertz CT molecular complexity index is 1110. The Hall–Kier alpha value is -3.46. The molecule has 27 heavy (non-hydrogen) atoms. The highest BCUT2D eigenvalue weighted by Crippen LogP contribution is 2.34. The summed E-state index contributed by atoms with van der Waals surface area (Å²) >= 11 is 5.79. The quantitative estimate of drug-likeness (QED) is 0.448. The van der Waals surface area contributed by atoms with Crippen molar-refractivity contribution in [3.63, 3.8) is 0 Å². The zero-order valence-electron chi connectivity index (χ0n) is 13.5. The fraction of sp³-hybridized carbons (Fsp3) is 0. The molecule has 4 aromatic rings. The van der Waals surface area contributed by atoms with Gasteiger partial charge in [0.2, 0.25) is 5.95 Å². The Kier molecular flexibility index (Phi) is 4.21. The molecule has 0 saturated heterocycles. The first-order valence-corrected chi connectivity index (χ1v) is 8.03. The molecule has 3 heterocycles. The number of halogens is 3. The molecule has 0 aliphatic carbocycles. The zero-order chi connectivity index (χ0) is 19.0. The normalized spacial score (nSPS) is 10.9. The molecule has 3 aromatic heterocycles. The van der Waals surface area contributed by atoms with E-state index < -0.39 is 17.4 Å². The Labute approximate surface area is 156 Å². The van der Waals surface area contributed by atoms with Crippen LogP contribution in [0.1, 0.15) is 0 Å². The average molecular weight is 389 g/mol. The number of nitrogens with two attached hydrogens (primary N) is 1. The van der Waals surface area contributed by atoms with Gasteiger partial charge in [-0.05, 0) is 12.1 Å². The first kappa shape index (κ1) is 17.0. The lowest BCUT2D eigenvalue weighted by Crippen LogP contribution is -2.01. The molecule has 0 aliphatic heterocycles. The highest BCUT2D eigenvalue weighted by Gasteiger charge is 2.16. The van der Waals surface area contributed by atoms with Gasteiger partial charge in [0.25, 0.3) is 0 Å². The van der Waals surface area contributed by atoms with Gasteiger partial charge in [-0.1, -0.05) is 11.6 Å². The van der Waals surface area contributed by atoms with E-state index in [-0.39, 0.29) is 28.4 Å². The second-order valence-corrected chi connectivity index (χ2v) is 5.87. The number of anilines is 3. The second kappa shape index (κ2) is 6.69. The van der Waals surface area contributed by atoms with Crippen LogP contribution in [0.4, 0.5) is 26.2 Å². The van der Waals surface area contributed by atoms with Gasteiger partial charge in [-0.25, -0.2) is 18.7 Å². The molecule has 1 aromatic carbocycles. The van der Waals surface area contributed by atoms with Gasteiger partial charge in [0.1, 0.15) is 22.4 Å². The summed E-state index contributed by atoms with van der Waals surface area (Å²) in [5.41, 5.74) is 6.15. The fourth-order valence-corrected chi connectivity index (χ4v) is 2.70. The summed E-state index contributed by atoms with van der Waals surface area (Å²) in [6.45, 7) is 0. The van der Waals surface area contributed by atoms with Crippen LogP contribution < -0.4 is 15.8 Å². The Morgan fingerprint density at radius 1 is 1.11 bits per heavy atom. The smallest absolute Gasteiger partial charge is 0.223 e. The van der Waals surface area contributed by atoms with Crippen molar-refractivity contribution >= 4 is 40.1 Å². The van der Waals surface area contributed by atoms with Crippen LogP contribution in [-0.4, -0.2) is 19.9 Å². The van der Waals surface area contributed by atoms with E-state index in [1.54, 1.807) is 12.3 Å². The SMILES string of the molecule is Nc1nc(Cl)cc(Nc2cc(F)c(Oc3ccnc4[nH]ccc34)c(F)c2)n1. The van der Waals surface area contributed by atoms with E-state index in [0.717, 1.165) is 12.1 Å². The summed E-state index contributed by atoms with van der Waals surface area (Å²) in [5.74, 6) is -1.93. The number of hydrogen-bond acceptors (Lipinski definition) is 6. The maximum atomic E-state index is 14.5. The molecule has 0 unspecified atom stereocenters. The zero-order valence-corrected chi connectivity index (χ0v) is 14.3. The van der Waals surface area contributed by atoms with Crippen molar-refractivity contribution in [1.82, 2.24) is 19.9 Å². The number of nitrogen functional groups attached to an aromatic ring is 1. The van der Waals surface area contributed by atoms with Gasteiger partial charge in [0.15, 0.2) is 17.4 Å². The molecule has 0 spiro atoms. The van der Waals surface area contributed by atoms with E-state index in [2.05, 4.69) is 25.3 Å². The topological polar surface area (TPSA) is 102 Å². The molecule has 7 nitrogen and oxygen atoms in total. The predicted octanol–water partition coefficient (Wildman–Crippen LogP) is 4.40. The van der Waals surface area contributed by atoms with Gasteiger partial charge in [-0.2, -0.15) is 4.98 Å². The number of hydrogen-bond donors (Lipinski definition) is 3. The molecule has 4 rings (SSSR count). The molecule has 4 N–H and O–H groups in total. The van der Waals surface area contributed by atoms with Crippen LogP contribution in [0.15, 0.2) is 42.7 Å². The number of aromatic nitrogens is 4. The van der Waals surface area contributed by atoms with Crippen LogP contribution in [0.2, 0.25) is 5.15 Å². The lowest BCUT2D eigenvalue weighted by molar-refractivity contribution is 0.411. The lowest BCUT2D eigenvalue weighted by Gasteiger charge is -2.12. The Morgan fingerprint density at radius 2 is 1.89 bits per heavy atom. The largest absolute Gasteiger partial charge is 0.450 e. The van der Waals surface area contributed by atoms with Crippen LogP contribution in [-0.2, 0) is 0 Å². The van der Waals surface area contributed by atoms with Gasteiger partial charge in [0.05, 0.1) is 5.39 Å². The molecule has 0 saturated carbocycles. The Morgan fingerprint density at radius 3 is 2.63 bits per heavy atom. The summed E-state index contributed by atoms with van der Waals surface area (Å²) in [6.07, 6.45) is 3.13. The summed E-state index contributed by atoms with van der Waals surface area (Å²) < 4.78 is 34.4. The van der Waals surface area contributed by atoms with Crippen molar-refractivity contribution in [2.75, 3.05) is 11.1 Å². The van der Waals surface area contributed by atoms with Gasteiger partial charge < -0.3 is 20.8 Å². The molecule has 0 radical (unpaired) electrons. The van der Waals surface area contributed by atoms with Gasteiger partial charge >= 0.3 is 0 Å². The van der Waals surface area contributed by atoms with Crippen LogP contribution >= 0.6 is 11.6 Å². The average Bonchev–Trinajstić information content (AvgIpc) is 3.06. The van der Waals surface area contributed by atoms with Crippen molar-refractivity contribution in [3.05, 3.63) is 59.5 Å². The van der Waals surface area contributed by atoms with Crippen molar-refractivity contribution in [1.29, 1.82) is 0 Å². The predicted molar refractivity (Wildman–Crippen MR) is 97.3 cm³/mol. The number of aromatic amines is 1. The van der Waals surface area contributed by atoms with Crippen molar-refractivity contribution in [2.45, 2.75) is 0 Å². The van der Waals surface area contributed by atoms with E-state index in [1.165, 1.54) is 18.3 Å². The third-order valence-electron chi connectivity index (χ3n) is 3.62. The number of nitrogens with one attached hydrogen (secondary N) is 2. The van der Waals surface area contributed by atoms with Crippen LogP contribution in [0.5, 0.6) is 11.5 Å². The van der Waals surface area contributed by atoms with E-state index in [9.17, 15) is 8.78 Å². The van der Waals surface area contributed by atoms with E-state index in [0.29, 0.717) is 11.0 Å². The van der Waals surface area contributed by atoms with Crippen LogP contribution in [0.25, 0.3) is 11.0 Å². The maximum absolute atomic E-state index is 14.5. The minimum absolute atomic E-state index is 0.0703. The standard InChI is InChI=1S/C17H11ClF2N6O/c18-13-7-14(26-17(21)25-13)24-8-5-10(19)15(11(20)6-8)27-12-2-4-23-16-9(12)1-3-22-16/h1-7H,(H,22,23)(H3,21,24,25,26). The third kappa shape index (κ3) is 3.44. The molecule has 0 aliphatic rings. The van der Waals surface area contributed by atoms with Gasteiger partial charge in [0, 0.05) is 36.3 Å². The van der Waals surface area contributed by atoms with Crippen LogP contribution in [0.3, 0.4) is 0 Å². The molecule has 136 valence electrons. The summed E-state index contributed by atoms with van der Waals surface area (Å²) in [6, 6.07) is 6.73. The third-order valence-corrected chi connectivity index (χ3v) is 3.81. The lowest BCUT2D eigenvalue weighted by atomic mass is 10.2. The summed E-state index contributed by atoms with van der Waals surface area (Å²) in [5, 5.41) is 3.42. The first-order chi connectivity index (χ1) is 13.0. The minimum atomic E-state index is -0.897. The molecule has 0 atom stereocenters. The second-order valence-electron chi connectivity index (χ2n) is 5.48. The highest BCUT2D eigenvalue weighted by atomic mass is 35.5. The van der Waals surface area contributed by atoms with Crippen LogP contribution in [0, 0.1) is 11.6 Å².